The van der Waals surface area contributed by atoms with E-state index in [9.17, 15) is 9.18 Å². The van der Waals surface area contributed by atoms with Gasteiger partial charge in [0, 0.05) is 38.2 Å². The summed E-state index contributed by atoms with van der Waals surface area (Å²) in [4.78, 5) is 25.6. The maximum atomic E-state index is 13.3. The van der Waals surface area contributed by atoms with Crippen molar-refractivity contribution in [3.63, 3.8) is 0 Å². The highest BCUT2D eigenvalue weighted by molar-refractivity contribution is 5.77. The minimum atomic E-state index is -0.299. The van der Waals surface area contributed by atoms with Crippen molar-refractivity contribution in [3.8, 4) is 11.6 Å². The first kappa shape index (κ1) is 24.0. The molecule has 1 amide bonds. The molecule has 2 atom stereocenters. The van der Waals surface area contributed by atoms with Crippen LogP contribution in [0.25, 0.3) is 0 Å². The fourth-order valence-electron chi connectivity index (χ4n) is 4.47. The van der Waals surface area contributed by atoms with Gasteiger partial charge in [-0.3, -0.25) is 4.79 Å². The molecule has 0 radical (unpaired) electrons. The third-order valence-electron chi connectivity index (χ3n) is 5.73. The zero-order valence-electron chi connectivity index (χ0n) is 20.1. The summed E-state index contributed by atoms with van der Waals surface area (Å²) < 4.78 is 19.2. The highest BCUT2D eigenvalue weighted by Crippen LogP contribution is 2.28. The number of nitrogens with zero attached hydrogens (tertiary/aromatic N) is 4. The summed E-state index contributed by atoms with van der Waals surface area (Å²) in [6.45, 7) is 14.8. The molecule has 0 unspecified atom stereocenters. The molecule has 0 bridgehead atoms. The van der Waals surface area contributed by atoms with Gasteiger partial charge >= 0.3 is 0 Å². The number of amides is 1. The van der Waals surface area contributed by atoms with E-state index < -0.39 is 0 Å². The molecule has 2 aromatic rings. The summed E-state index contributed by atoms with van der Waals surface area (Å²) in [5.41, 5.74) is 0.926. The number of rotatable bonds is 6. The number of halogens is 1. The Hall–Kier alpha value is -2.70. The quantitative estimate of drug-likeness (QED) is 0.614. The second-order valence-electron chi connectivity index (χ2n) is 10.2. The summed E-state index contributed by atoms with van der Waals surface area (Å²) >= 11 is 0. The number of benzene rings is 1. The fraction of sp³-hybridized carbons (Fsp3) is 0.560. The van der Waals surface area contributed by atoms with Crippen LogP contribution in [-0.2, 0) is 4.79 Å². The number of hydrogen-bond donors (Lipinski definition) is 0. The van der Waals surface area contributed by atoms with E-state index in [1.54, 1.807) is 19.1 Å². The van der Waals surface area contributed by atoms with E-state index in [1.165, 1.54) is 18.5 Å². The molecular weight excluding hydrogens is 407 g/mol. The molecule has 174 valence electrons. The maximum absolute atomic E-state index is 13.3. The lowest BCUT2D eigenvalue weighted by Crippen LogP contribution is -2.54. The van der Waals surface area contributed by atoms with E-state index in [4.69, 9.17) is 4.74 Å². The van der Waals surface area contributed by atoms with E-state index in [0.29, 0.717) is 49.2 Å². The molecule has 1 aromatic carbocycles. The molecule has 1 aliphatic heterocycles. The number of piperazine rings is 1. The second-order valence-corrected chi connectivity index (χ2v) is 10.2. The average molecular weight is 443 g/mol. The second kappa shape index (κ2) is 9.84. The van der Waals surface area contributed by atoms with Crippen LogP contribution in [0.5, 0.6) is 11.6 Å². The van der Waals surface area contributed by atoms with Gasteiger partial charge in [0.05, 0.1) is 0 Å². The Morgan fingerprint density at radius 1 is 1.25 bits per heavy atom. The molecule has 1 saturated heterocycles. The van der Waals surface area contributed by atoms with Gasteiger partial charge in [0.25, 0.3) is 0 Å². The Bertz CT molecular complexity index is 944. The van der Waals surface area contributed by atoms with E-state index in [2.05, 4.69) is 49.5 Å². The summed E-state index contributed by atoms with van der Waals surface area (Å²) in [6, 6.07) is 6.28. The van der Waals surface area contributed by atoms with Gasteiger partial charge in [-0.05, 0) is 55.4 Å². The predicted molar refractivity (Wildman–Crippen MR) is 124 cm³/mol. The van der Waals surface area contributed by atoms with Crippen LogP contribution in [-0.4, -0.2) is 46.5 Å². The number of carbonyl (C=O) groups excluding carboxylic acids is 1. The monoisotopic (exact) mass is 442 g/mol. The summed E-state index contributed by atoms with van der Waals surface area (Å²) in [5.74, 6) is 2.02. The normalized spacial score (nSPS) is 17.9. The standard InChI is InChI=1S/C25H35FN4O2/c1-17(14-25(4,5)6)11-24(31)30-10-9-29(15-19(30)3)22-13-23(28-16-27-22)32-21-8-7-20(26)12-18(21)2/h7-8,12-13,16-17,19H,9-11,14-15H2,1-6H3/t17-,19-/m0/s1. The lowest BCUT2D eigenvalue weighted by molar-refractivity contribution is -0.134. The van der Waals surface area contributed by atoms with Crippen molar-refractivity contribution in [1.29, 1.82) is 0 Å². The Labute approximate surface area is 190 Å². The zero-order valence-corrected chi connectivity index (χ0v) is 20.1. The molecule has 2 heterocycles. The van der Waals surface area contributed by atoms with E-state index in [-0.39, 0.29) is 23.2 Å². The summed E-state index contributed by atoms with van der Waals surface area (Å²) in [7, 11) is 0. The zero-order chi connectivity index (χ0) is 23.5. The molecule has 0 saturated carbocycles. The summed E-state index contributed by atoms with van der Waals surface area (Å²) in [6.07, 6.45) is 3.09. The van der Waals surface area contributed by atoms with Crippen LogP contribution in [0.1, 0.15) is 53.0 Å². The Morgan fingerprint density at radius 3 is 2.66 bits per heavy atom. The van der Waals surface area contributed by atoms with E-state index in [0.717, 1.165) is 12.2 Å². The largest absolute Gasteiger partial charge is 0.439 e. The first-order valence-corrected chi connectivity index (χ1v) is 11.3. The molecule has 6 nitrogen and oxygen atoms in total. The van der Waals surface area contributed by atoms with Gasteiger partial charge in [-0.1, -0.05) is 27.7 Å². The van der Waals surface area contributed by atoms with Crippen molar-refractivity contribution in [2.45, 2.75) is 60.4 Å². The van der Waals surface area contributed by atoms with Crippen LogP contribution in [0.3, 0.4) is 0 Å². The maximum Gasteiger partial charge on any atom is 0.224 e. The molecule has 1 fully saturated rings. The Morgan fingerprint density at radius 2 is 2.00 bits per heavy atom. The molecule has 0 aliphatic carbocycles. The summed E-state index contributed by atoms with van der Waals surface area (Å²) in [5, 5.41) is 0. The molecule has 3 rings (SSSR count). The van der Waals surface area contributed by atoms with Gasteiger partial charge in [0.15, 0.2) is 0 Å². The van der Waals surface area contributed by atoms with Crippen molar-refractivity contribution in [1.82, 2.24) is 14.9 Å². The van der Waals surface area contributed by atoms with Crippen LogP contribution in [0.4, 0.5) is 10.2 Å². The number of aryl methyl sites for hydroxylation is 1. The van der Waals surface area contributed by atoms with Crippen LogP contribution >= 0.6 is 0 Å². The first-order valence-electron chi connectivity index (χ1n) is 11.3. The third kappa shape index (κ3) is 6.40. The molecule has 1 aromatic heterocycles. The van der Waals surface area contributed by atoms with Gasteiger partial charge in [-0.2, -0.15) is 0 Å². The highest BCUT2D eigenvalue weighted by Gasteiger charge is 2.29. The van der Waals surface area contributed by atoms with Crippen molar-refractivity contribution < 1.29 is 13.9 Å². The van der Waals surface area contributed by atoms with Crippen LogP contribution in [0.2, 0.25) is 0 Å². The van der Waals surface area contributed by atoms with Crippen molar-refractivity contribution >= 4 is 11.7 Å². The molecule has 7 heteroatoms. The van der Waals surface area contributed by atoms with Gasteiger partial charge < -0.3 is 14.5 Å². The van der Waals surface area contributed by atoms with Crippen molar-refractivity contribution in [2.75, 3.05) is 24.5 Å². The molecule has 1 aliphatic rings. The lowest BCUT2D eigenvalue weighted by Gasteiger charge is -2.41. The number of ether oxygens (including phenoxy) is 1. The van der Waals surface area contributed by atoms with Crippen LogP contribution in [0.15, 0.2) is 30.6 Å². The predicted octanol–water partition coefficient (Wildman–Crippen LogP) is 5.22. The van der Waals surface area contributed by atoms with Crippen molar-refractivity contribution in [2.24, 2.45) is 11.3 Å². The minimum Gasteiger partial charge on any atom is -0.439 e. The van der Waals surface area contributed by atoms with Gasteiger partial charge in [0.1, 0.15) is 23.7 Å². The Kier molecular flexibility index (Phi) is 7.36. The van der Waals surface area contributed by atoms with Crippen LogP contribution in [0, 0.1) is 24.1 Å². The first-order chi connectivity index (χ1) is 15.0. The third-order valence-corrected chi connectivity index (χ3v) is 5.73. The number of hydrogen-bond acceptors (Lipinski definition) is 5. The van der Waals surface area contributed by atoms with Crippen molar-refractivity contribution in [3.05, 3.63) is 42.0 Å². The SMILES string of the molecule is Cc1cc(F)ccc1Oc1cc(N2CCN(C(=O)C[C@H](C)CC(C)(C)C)[C@@H](C)C2)ncn1. The number of carbonyl (C=O) groups is 1. The Balaban J connectivity index is 1.61. The molecule has 0 N–H and O–H groups in total. The molecule has 32 heavy (non-hydrogen) atoms. The number of anilines is 1. The van der Waals surface area contributed by atoms with E-state index in [1.807, 2.05) is 4.90 Å². The van der Waals surface area contributed by atoms with Gasteiger partial charge in [-0.15, -0.1) is 0 Å². The minimum absolute atomic E-state index is 0.0942. The van der Waals surface area contributed by atoms with Gasteiger partial charge in [0.2, 0.25) is 11.8 Å². The highest BCUT2D eigenvalue weighted by atomic mass is 19.1. The number of aromatic nitrogens is 2. The fourth-order valence-corrected chi connectivity index (χ4v) is 4.47. The molecular formula is C25H35FN4O2. The van der Waals surface area contributed by atoms with Gasteiger partial charge in [-0.25, -0.2) is 14.4 Å². The molecule has 0 spiro atoms. The average Bonchev–Trinajstić information content (AvgIpc) is 2.68. The smallest absolute Gasteiger partial charge is 0.224 e. The van der Waals surface area contributed by atoms with Crippen LogP contribution < -0.4 is 9.64 Å². The van der Waals surface area contributed by atoms with E-state index >= 15 is 0 Å². The lowest BCUT2D eigenvalue weighted by atomic mass is 9.84. The topological polar surface area (TPSA) is 58.6 Å².